The van der Waals surface area contributed by atoms with Gasteiger partial charge in [-0.3, -0.25) is 0 Å². The first-order valence-electron chi connectivity index (χ1n) is 13.4. The van der Waals surface area contributed by atoms with Gasteiger partial charge in [-0.25, -0.2) is 0 Å². The quantitative estimate of drug-likeness (QED) is 0.191. The van der Waals surface area contributed by atoms with Gasteiger partial charge in [-0.15, -0.1) is 0 Å². The van der Waals surface area contributed by atoms with Gasteiger partial charge in [-0.05, 0) is 90.0 Å². The predicted octanol–water partition coefficient (Wildman–Crippen LogP) is 8.41. The van der Waals surface area contributed by atoms with Gasteiger partial charge in [-0.1, -0.05) is 82.6 Å². The molecule has 0 radical (unpaired) electrons. The van der Waals surface area contributed by atoms with Crippen molar-refractivity contribution in [3.05, 3.63) is 119 Å². The van der Waals surface area contributed by atoms with Crippen molar-refractivity contribution >= 4 is 0 Å². The molecule has 0 aliphatic carbocycles. The maximum atomic E-state index is 9.44. The largest absolute Gasteiger partial charge is 0.508 e. The van der Waals surface area contributed by atoms with E-state index in [0.29, 0.717) is 0 Å². The van der Waals surface area contributed by atoms with E-state index in [1.807, 2.05) is 48.5 Å². The van der Waals surface area contributed by atoms with Crippen molar-refractivity contribution in [1.29, 1.82) is 0 Å². The van der Waals surface area contributed by atoms with Gasteiger partial charge in [0, 0.05) is 10.8 Å². The third-order valence-electron chi connectivity index (χ3n) is 7.81. The van der Waals surface area contributed by atoms with Crippen LogP contribution in [0, 0.1) is 0 Å². The summed E-state index contributed by atoms with van der Waals surface area (Å²) in [6.07, 6.45) is 4.03. The van der Waals surface area contributed by atoms with Gasteiger partial charge in [0.2, 0.25) is 0 Å². The second kappa shape index (κ2) is 12.6. The van der Waals surface area contributed by atoms with Crippen LogP contribution in [0.4, 0.5) is 0 Å². The molecule has 4 aromatic carbocycles. The summed E-state index contributed by atoms with van der Waals surface area (Å²) in [5, 5.41) is 37.7. The highest BCUT2D eigenvalue weighted by Gasteiger charge is 2.30. The molecule has 0 aliphatic rings. The molecule has 0 atom stereocenters. The van der Waals surface area contributed by atoms with E-state index in [2.05, 4.69) is 27.7 Å². The number of aromatic hydroxyl groups is 4. The Morgan fingerprint density at radius 3 is 0.947 bits per heavy atom. The standard InChI is InChI=1S/2C17H20O2/c1-3-12-17(2,13-4-8-15(18)9-5-13)14-6-10-16(19)11-7-14;1-3-17(4-2,13-5-9-15(18)10-6-13)14-7-11-16(19)12-8-14/h4-11,18-19H,3,12H2,1-2H3;5-12,18-19H,3-4H2,1-2H3. The van der Waals surface area contributed by atoms with Crippen molar-refractivity contribution < 1.29 is 20.4 Å². The molecule has 0 bridgehead atoms. The van der Waals surface area contributed by atoms with E-state index < -0.39 is 0 Å². The lowest BCUT2D eigenvalue weighted by molar-refractivity contribution is 0.461. The van der Waals surface area contributed by atoms with Crippen LogP contribution in [-0.4, -0.2) is 20.4 Å². The van der Waals surface area contributed by atoms with E-state index in [1.165, 1.54) is 22.3 Å². The molecule has 0 fully saturated rings. The first kappa shape index (κ1) is 28.6. The highest BCUT2D eigenvalue weighted by Crippen LogP contribution is 2.40. The molecule has 4 heteroatoms. The Balaban J connectivity index is 0.000000211. The molecule has 0 aromatic heterocycles. The SMILES string of the molecule is CCC(CC)(c1ccc(O)cc1)c1ccc(O)cc1.CCCC(C)(c1ccc(O)cc1)c1ccc(O)cc1. The van der Waals surface area contributed by atoms with E-state index in [1.54, 1.807) is 48.5 Å². The Labute approximate surface area is 226 Å². The average molecular weight is 513 g/mol. The monoisotopic (exact) mass is 512 g/mol. The molecular formula is C34H40O4. The maximum absolute atomic E-state index is 9.44. The Morgan fingerprint density at radius 1 is 0.447 bits per heavy atom. The molecule has 4 N–H and O–H groups in total. The van der Waals surface area contributed by atoms with Gasteiger partial charge in [0.05, 0.1) is 0 Å². The number of benzene rings is 4. The van der Waals surface area contributed by atoms with Gasteiger partial charge in [0.1, 0.15) is 23.0 Å². The van der Waals surface area contributed by atoms with Gasteiger partial charge in [-0.2, -0.15) is 0 Å². The summed E-state index contributed by atoms with van der Waals surface area (Å²) in [6.45, 7) is 8.71. The summed E-state index contributed by atoms with van der Waals surface area (Å²) in [5.41, 5.74) is 4.58. The molecule has 0 aliphatic heterocycles. The molecule has 0 heterocycles. The fourth-order valence-electron chi connectivity index (χ4n) is 5.41. The first-order chi connectivity index (χ1) is 18.2. The molecule has 4 aromatic rings. The topological polar surface area (TPSA) is 80.9 Å². The summed E-state index contributed by atoms with van der Waals surface area (Å²) in [4.78, 5) is 0. The van der Waals surface area contributed by atoms with Crippen LogP contribution in [0.5, 0.6) is 23.0 Å². The highest BCUT2D eigenvalue weighted by molar-refractivity contribution is 5.43. The minimum absolute atomic E-state index is 0.0681. The fraction of sp³-hybridized carbons (Fsp3) is 0.294. The van der Waals surface area contributed by atoms with Crippen molar-refractivity contribution in [1.82, 2.24) is 0 Å². The molecule has 0 spiro atoms. The van der Waals surface area contributed by atoms with Crippen molar-refractivity contribution in [3.63, 3.8) is 0 Å². The Morgan fingerprint density at radius 2 is 0.711 bits per heavy atom. The lowest BCUT2D eigenvalue weighted by Crippen LogP contribution is -2.25. The maximum Gasteiger partial charge on any atom is 0.115 e. The third-order valence-corrected chi connectivity index (χ3v) is 7.81. The van der Waals surface area contributed by atoms with Crippen molar-refractivity contribution in [3.8, 4) is 23.0 Å². The lowest BCUT2D eigenvalue weighted by Gasteiger charge is -2.33. The number of rotatable bonds is 8. The van der Waals surface area contributed by atoms with Crippen LogP contribution in [0.15, 0.2) is 97.1 Å². The smallest absolute Gasteiger partial charge is 0.115 e. The van der Waals surface area contributed by atoms with Gasteiger partial charge < -0.3 is 20.4 Å². The minimum atomic E-state index is -0.101. The normalized spacial score (nSPS) is 11.5. The zero-order chi connectivity index (χ0) is 27.8. The molecular weight excluding hydrogens is 472 g/mol. The molecule has 0 saturated carbocycles. The summed E-state index contributed by atoms with van der Waals surface area (Å²) in [6, 6.07) is 29.6. The van der Waals surface area contributed by atoms with Crippen molar-refractivity contribution in [2.75, 3.05) is 0 Å². The Bertz CT molecular complexity index is 1160. The lowest BCUT2D eigenvalue weighted by atomic mass is 9.70. The number of hydrogen-bond acceptors (Lipinski definition) is 4. The van der Waals surface area contributed by atoms with E-state index in [9.17, 15) is 20.4 Å². The zero-order valence-corrected chi connectivity index (χ0v) is 22.9. The molecule has 0 amide bonds. The summed E-state index contributed by atoms with van der Waals surface area (Å²) in [5.74, 6) is 1.15. The Kier molecular flexibility index (Phi) is 9.46. The van der Waals surface area contributed by atoms with Crippen LogP contribution in [0.1, 0.15) is 75.6 Å². The molecule has 38 heavy (non-hydrogen) atoms. The van der Waals surface area contributed by atoms with Crippen LogP contribution in [0.3, 0.4) is 0 Å². The predicted molar refractivity (Wildman–Crippen MR) is 155 cm³/mol. The molecule has 4 rings (SSSR count). The molecule has 200 valence electrons. The average Bonchev–Trinajstić information content (AvgIpc) is 2.92. The van der Waals surface area contributed by atoms with Crippen molar-refractivity contribution in [2.24, 2.45) is 0 Å². The number of hydrogen-bond donors (Lipinski definition) is 4. The van der Waals surface area contributed by atoms with Crippen LogP contribution in [0.25, 0.3) is 0 Å². The minimum Gasteiger partial charge on any atom is -0.508 e. The van der Waals surface area contributed by atoms with Crippen LogP contribution < -0.4 is 0 Å². The summed E-state index contributed by atoms with van der Waals surface area (Å²) >= 11 is 0. The number of phenols is 4. The third kappa shape index (κ3) is 6.31. The Hall–Kier alpha value is -3.92. The van der Waals surface area contributed by atoms with Crippen molar-refractivity contribution in [2.45, 2.75) is 64.2 Å². The molecule has 0 saturated heterocycles. The van der Waals surface area contributed by atoms with Gasteiger partial charge in [0.25, 0.3) is 0 Å². The van der Waals surface area contributed by atoms with Crippen LogP contribution in [0.2, 0.25) is 0 Å². The molecule has 4 nitrogen and oxygen atoms in total. The van der Waals surface area contributed by atoms with E-state index >= 15 is 0 Å². The molecule has 0 unspecified atom stereocenters. The van der Waals surface area contributed by atoms with Gasteiger partial charge >= 0.3 is 0 Å². The van der Waals surface area contributed by atoms with E-state index in [4.69, 9.17) is 0 Å². The van der Waals surface area contributed by atoms with Gasteiger partial charge in [0.15, 0.2) is 0 Å². The second-order valence-corrected chi connectivity index (χ2v) is 10.1. The van der Waals surface area contributed by atoms with E-state index in [-0.39, 0.29) is 33.8 Å². The van der Waals surface area contributed by atoms with Crippen LogP contribution >= 0.6 is 0 Å². The second-order valence-electron chi connectivity index (χ2n) is 10.1. The van der Waals surface area contributed by atoms with E-state index in [0.717, 1.165) is 25.7 Å². The fourth-order valence-corrected chi connectivity index (χ4v) is 5.41. The first-order valence-corrected chi connectivity index (χ1v) is 13.4. The highest BCUT2D eigenvalue weighted by atomic mass is 16.3. The van der Waals surface area contributed by atoms with Crippen LogP contribution in [-0.2, 0) is 10.8 Å². The zero-order valence-electron chi connectivity index (χ0n) is 22.9. The summed E-state index contributed by atoms with van der Waals surface area (Å²) in [7, 11) is 0. The number of phenolic OH excluding ortho intramolecular Hbond substituents is 4. The summed E-state index contributed by atoms with van der Waals surface area (Å²) < 4.78 is 0.